The fourth-order valence-electron chi connectivity index (χ4n) is 3.46. The van der Waals surface area contributed by atoms with Gasteiger partial charge in [-0.15, -0.1) is 0 Å². The zero-order valence-corrected chi connectivity index (χ0v) is 19.9. The Morgan fingerprint density at radius 2 is 1.91 bits per heavy atom. The number of carbonyl (C=O) groups is 2. The van der Waals surface area contributed by atoms with Gasteiger partial charge < -0.3 is 19.5 Å². The van der Waals surface area contributed by atoms with E-state index in [1.807, 2.05) is 13.8 Å². The molecule has 2 aromatic carbocycles. The van der Waals surface area contributed by atoms with Crippen molar-refractivity contribution < 1.29 is 23.8 Å². The van der Waals surface area contributed by atoms with Crippen molar-refractivity contribution >= 4 is 34.4 Å². The second-order valence-electron chi connectivity index (χ2n) is 7.98. The summed E-state index contributed by atoms with van der Waals surface area (Å²) in [5, 5.41) is 3.60. The number of nitrogens with zero attached hydrogens (tertiary/aromatic N) is 2. The first kappa shape index (κ1) is 23.8. The summed E-state index contributed by atoms with van der Waals surface area (Å²) in [5.41, 5.74) is 1.04. The number of hydrogen-bond donors (Lipinski definition) is 1. The smallest absolute Gasteiger partial charge is 0.262 e. The summed E-state index contributed by atoms with van der Waals surface area (Å²) in [6, 6.07) is 9.82. The van der Waals surface area contributed by atoms with Crippen LogP contribution in [0.1, 0.15) is 34.6 Å². The summed E-state index contributed by atoms with van der Waals surface area (Å²) in [6.45, 7) is 4.47. The van der Waals surface area contributed by atoms with Crippen LogP contribution in [0.25, 0.3) is 10.9 Å². The molecule has 1 aromatic heterocycles. The molecule has 1 amide bonds. The number of fused-ring (bicyclic) bond motifs is 2. The standard InChI is InChI=1S/C24H25N3O6S/c1-14(2)25-22(29)16-4-6-17-18(10-16)26-24(27(23(17)30)8-9-31-3)34-12-19(28)15-5-7-20-21(11-15)33-13-32-20/h4-7,10-11,14H,8-9,12-13H2,1-3H3,(H,25,29). The zero-order valence-electron chi connectivity index (χ0n) is 19.1. The first-order valence-electron chi connectivity index (χ1n) is 10.8. The van der Waals surface area contributed by atoms with Crippen LogP contribution in [0.5, 0.6) is 11.5 Å². The monoisotopic (exact) mass is 483 g/mol. The molecule has 0 bridgehead atoms. The van der Waals surface area contributed by atoms with Crippen LogP contribution in [0.2, 0.25) is 0 Å². The number of carbonyl (C=O) groups excluding carboxylic acids is 2. The van der Waals surface area contributed by atoms with Crippen LogP contribution >= 0.6 is 11.8 Å². The summed E-state index contributed by atoms with van der Waals surface area (Å²) in [4.78, 5) is 43.1. The summed E-state index contributed by atoms with van der Waals surface area (Å²) in [5.74, 6) is 0.823. The van der Waals surface area contributed by atoms with Gasteiger partial charge in [0.2, 0.25) is 6.79 Å². The molecule has 4 rings (SSSR count). The van der Waals surface area contributed by atoms with E-state index in [1.165, 1.54) is 4.57 Å². The van der Waals surface area contributed by atoms with Crippen molar-refractivity contribution in [3.63, 3.8) is 0 Å². The van der Waals surface area contributed by atoms with Crippen LogP contribution in [0.15, 0.2) is 46.3 Å². The predicted octanol–water partition coefficient (Wildman–Crippen LogP) is 2.88. The van der Waals surface area contributed by atoms with Crippen LogP contribution in [-0.4, -0.2) is 53.5 Å². The largest absolute Gasteiger partial charge is 0.454 e. The molecule has 10 heteroatoms. The SMILES string of the molecule is COCCn1c(SCC(=O)c2ccc3c(c2)OCO3)nc2cc(C(=O)NC(C)C)ccc2c1=O. The number of ether oxygens (including phenoxy) is 3. The van der Waals surface area contributed by atoms with Gasteiger partial charge in [0.25, 0.3) is 11.5 Å². The number of thioether (sulfide) groups is 1. The van der Waals surface area contributed by atoms with Gasteiger partial charge in [-0.3, -0.25) is 19.0 Å². The quantitative estimate of drug-likeness (QED) is 0.281. The Balaban J connectivity index is 1.63. The van der Waals surface area contributed by atoms with E-state index in [0.717, 1.165) is 11.8 Å². The maximum Gasteiger partial charge on any atom is 0.262 e. The fourth-order valence-corrected chi connectivity index (χ4v) is 4.38. The Bertz CT molecular complexity index is 1300. The molecular formula is C24H25N3O6S. The van der Waals surface area contributed by atoms with Gasteiger partial charge in [0.05, 0.1) is 29.8 Å². The van der Waals surface area contributed by atoms with Crippen molar-refractivity contribution in [3.05, 3.63) is 57.9 Å². The Hall–Kier alpha value is -3.37. The van der Waals surface area contributed by atoms with E-state index in [1.54, 1.807) is 43.5 Å². The van der Waals surface area contributed by atoms with E-state index in [9.17, 15) is 14.4 Å². The Morgan fingerprint density at radius 1 is 1.15 bits per heavy atom. The molecule has 0 fully saturated rings. The van der Waals surface area contributed by atoms with Crippen LogP contribution in [0.3, 0.4) is 0 Å². The number of rotatable bonds is 9. The minimum atomic E-state index is -0.254. The average molecular weight is 484 g/mol. The third-order valence-corrected chi connectivity index (χ3v) is 6.12. The van der Waals surface area contributed by atoms with Crippen LogP contribution in [0, 0.1) is 0 Å². The Morgan fingerprint density at radius 3 is 2.68 bits per heavy atom. The van der Waals surface area contributed by atoms with Gasteiger partial charge in [-0.25, -0.2) is 4.98 Å². The minimum absolute atomic E-state index is 0.0218. The van der Waals surface area contributed by atoms with E-state index in [4.69, 9.17) is 14.2 Å². The van der Waals surface area contributed by atoms with Crippen LogP contribution < -0.4 is 20.3 Å². The number of nitrogens with one attached hydrogen (secondary N) is 1. The number of methoxy groups -OCH3 is 1. The normalized spacial score (nSPS) is 12.4. The first-order valence-corrected chi connectivity index (χ1v) is 11.8. The Kier molecular flexibility index (Phi) is 7.18. The van der Waals surface area contributed by atoms with Gasteiger partial charge in [-0.1, -0.05) is 11.8 Å². The molecule has 34 heavy (non-hydrogen) atoms. The van der Waals surface area contributed by atoms with Gasteiger partial charge in [-0.2, -0.15) is 0 Å². The molecule has 0 unspecified atom stereocenters. The average Bonchev–Trinajstić information content (AvgIpc) is 3.29. The molecule has 1 aliphatic rings. The van der Waals surface area contributed by atoms with Gasteiger partial charge >= 0.3 is 0 Å². The summed E-state index contributed by atoms with van der Waals surface area (Å²) < 4.78 is 17.3. The highest BCUT2D eigenvalue weighted by atomic mass is 32.2. The van der Waals surface area contributed by atoms with Gasteiger partial charge in [0, 0.05) is 24.3 Å². The lowest BCUT2D eigenvalue weighted by Crippen LogP contribution is -2.30. The van der Waals surface area contributed by atoms with E-state index in [2.05, 4.69) is 10.3 Å². The first-order chi connectivity index (χ1) is 16.4. The fraction of sp³-hybridized carbons (Fsp3) is 0.333. The van der Waals surface area contributed by atoms with Gasteiger partial charge in [0.1, 0.15) is 0 Å². The third kappa shape index (κ3) is 5.07. The molecule has 3 aromatic rings. The molecule has 0 aliphatic carbocycles. The number of hydrogen-bond acceptors (Lipinski definition) is 8. The van der Waals surface area contributed by atoms with E-state index in [-0.39, 0.29) is 42.4 Å². The summed E-state index contributed by atoms with van der Waals surface area (Å²) in [7, 11) is 1.55. The molecule has 1 N–H and O–H groups in total. The zero-order chi connectivity index (χ0) is 24.2. The van der Waals surface area contributed by atoms with E-state index in [0.29, 0.717) is 45.3 Å². The molecule has 0 saturated carbocycles. The predicted molar refractivity (Wildman–Crippen MR) is 128 cm³/mol. The number of aromatic nitrogens is 2. The van der Waals surface area contributed by atoms with Crippen LogP contribution in [-0.2, 0) is 11.3 Å². The molecule has 178 valence electrons. The lowest BCUT2D eigenvalue weighted by atomic mass is 10.1. The molecular weight excluding hydrogens is 458 g/mol. The summed E-state index contributed by atoms with van der Waals surface area (Å²) >= 11 is 1.16. The van der Waals surface area contributed by atoms with Gasteiger partial charge in [-0.05, 0) is 50.2 Å². The molecule has 1 aliphatic heterocycles. The Labute approximate surface area is 200 Å². The number of benzene rings is 2. The topological polar surface area (TPSA) is 109 Å². The van der Waals surface area contributed by atoms with Crippen molar-refractivity contribution in [2.75, 3.05) is 26.3 Å². The number of ketones is 1. The highest BCUT2D eigenvalue weighted by Gasteiger charge is 2.19. The number of amides is 1. The van der Waals surface area contributed by atoms with Crippen molar-refractivity contribution in [3.8, 4) is 11.5 Å². The van der Waals surface area contributed by atoms with Crippen molar-refractivity contribution in [1.29, 1.82) is 0 Å². The molecule has 0 radical (unpaired) electrons. The van der Waals surface area contributed by atoms with Crippen molar-refractivity contribution in [2.24, 2.45) is 0 Å². The van der Waals surface area contributed by atoms with E-state index >= 15 is 0 Å². The second kappa shape index (κ2) is 10.3. The highest BCUT2D eigenvalue weighted by molar-refractivity contribution is 7.99. The lowest BCUT2D eigenvalue weighted by molar-refractivity contribution is 0.0942. The van der Waals surface area contributed by atoms with Crippen molar-refractivity contribution in [2.45, 2.75) is 31.6 Å². The van der Waals surface area contributed by atoms with Crippen molar-refractivity contribution in [1.82, 2.24) is 14.9 Å². The molecule has 2 heterocycles. The molecule has 0 saturated heterocycles. The number of Topliss-reactive ketones (excluding diaryl/α,β-unsaturated/α-hetero) is 1. The molecule has 0 atom stereocenters. The van der Waals surface area contributed by atoms with Crippen LogP contribution in [0.4, 0.5) is 0 Å². The maximum atomic E-state index is 13.2. The third-order valence-electron chi connectivity index (χ3n) is 5.15. The summed E-state index contributed by atoms with van der Waals surface area (Å²) in [6.07, 6.45) is 0. The van der Waals surface area contributed by atoms with Gasteiger partial charge in [0.15, 0.2) is 22.4 Å². The maximum absolute atomic E-state index is 13.2. The molecule has 9 nitrogen and oxygen atoms in total. The minimum Gasteiger partial charge on any atom is -0.454 e. The van der Waals surface area contributed by atoms with E-state index < -0.39 is 0 Å². The second-order valence-corrected chi connectivity index (χ2v) is 8.93. The molecule has 0 spiro atoms. The lowest BCUT2D eigenvalue weighted by Gasteiger charge is -2.13. The highest BCUT2D eigenvalue weighted by Crippen LogP contribution is 2.33.